The zero-order valence-electron chi connectivity index (χ0n) is 14.8. The maximum absolute atomic E-state index is 12.8. The molecule has 0 radical (unpaired) electrons. The molecule has 0 saturated carbocycles. The van der Waals surface area contributed by atoms with Crippen molar-refractivity contribution < 1.29 is 18.0 Å². The quantitative estimate of drug-likeness (QED) is 0.685. The Balaban J connectivity index is 1.37. The van der Waals surface area contributed by atoms with Crippen LogP contribution < -0.4 is 4.90 Å². The maximum atomic E-state index is 12.8. The molecule has 1 aliphatic rings. The van der Waals surface area contributed by atoms with E-state index in [1.54, 1.807) is 15.5 Å². The molecule has 7 nitrogen and oxygen atoms in total. The van der Waals surface area contributed by atoms with E-state index in [2.05, 4.69) is 15.3 Å². The Morgan fingerprint density at radius 3 is 2.61 bits per heavy atom. The molecule has 146 valence electrons. The average Bonchev–Trinajstić information content (AvgIpc) is 3.15. The van der Waals surface area contributed by atoms with Gasteiger partial charge in [-0.05, 0) is 23.8 Å². The second-order valence-electron chi connectivity index (χ2n) is 6.57. The Kier molecular flexibility index (Phi) is 4.62. The lowest BCUT2D eigenvalue weighted by molar-refractivity contribution is -0.138. The van der Waals surface area contributed by atoms with E-state index in [1.807, 2.05) is 17.0 Å². The molecule has 0 bridgehead atoms. The molecule has 2 aromatic heterocycles. The van der Waals surface area contributed by atoms with E-state index in [1.165, 1.54) is 12.4 Å². The minimum atomic E-state index is -4.41. The highest BCUT2D eigenvalue weighted by molar-refractivity contribution is 5.79. The first-order chi connectivity index (χ1) is 13.4. The number of hydrogen-bond donors (Lipinski definition) is 0. The molecule has 28 heavy (non-hydrogen) atoms. The average molecular weight is 390 g/mol. The number of carbonyl (C=O) groups is 1. The lowest BCUT2D eigenvalue weighted by Gasteiger charge is -2.35. The summed E-state index contributed by atoms with van der Waals surface area (Å²) in [5, 5.41) is 12.1. The Bertz CT molecular complexity index is 994. The zero-order chi connectivity index (χ0) is 19.7. The molecule has 0 atom stereocenters. The molecule has 0 unspecified atom stereocenters. The van der Waals surface area contributed by atoms with Crippen molar-refractivity contribution in [2.45, 2.75) is 12.6 Å². The van der Waals surface area contributed by atoms with Crippen LogP contribution >= 0.6 is 0 Å². The zero-order valence-corrected chi connectivity index (χ0v) is 14.8. The van der Waals surface area contributed by atoms with Crippen LogP contribution in [0.15, 0.2) is 42.7 Å². The lowest BCUT2D eigenvalue weighted by atomic mass is 10.1. The topological polar surface area (TPSA) is 66.6 Å². The van der Waals surface area contributed by atoms with E-state index in [9.17, 15) is 18.0 Å². The van der Waals surface area contributed by atoms with E-state index >= 15 is 0 Å². The number of amides is 1. The standard InChI is InChI=1S/C18H17F3N6O/c19-18(20,21)14-3-1-2-13(10-14)11-17(28)26-8-6-25(7-9-26)16-5-4-15-23-22-12-27(15)24-16/h1-5,10,12H,6-9,11H2. The number of hydrogen-bond acceptors (Lipinski definition) is 5. The number of alkyl halides is 3. The van der Waals surface area contributed by atoms with Gasteiger partial charge in [0.1, 0.15) is 12.1 Å². The van der Waals surface area contributed by atoms with Gasteiger partial charge in [0, 0.05) is 26.2 Å². The fourth-order valence-electron chi connectivity index (χ4n) is 3.22. The van der Waals surface area contributed by atoms with Gasteiger partial charge in [-0.15, -0.1) is 15.3 Å². The van der Waals surface area contributed by atoms with Gasteiger partial charge in [-0.1, -0.05) is 18.2 Å². The van der Waals surface area contributed by atoms with Gasteiger partial charge in [-0.3, -0.25) is 4.79 Å². The summed E-state index contributed by atoms with van der Waals surface area (Å²) in [4.78, 5) is 16.2. The van der Waals surface area contributed by atoms with Crippen molar-refractivity contribution in [3.8, 4) is 0 Å². The Hall–Kier alpha value is -3.17. The second-order valence-corrected chi connectivity index (χ2v) is 6.57. The predicted molar refractivity (Wildman–Crippen MR) is 94.7 cm³/mol. The summed E-state index contributed by atoms with van der Waals surface area (Å²) in [6.07, 6.45) is -2.94. The van der Waals surface area contributed by atoms with Crippen LogP contribution in [0.3, 0.4) is 0 Å². The molecule has 0 aliphatic carbocycles. The summed E-state index contributed by atoms with van der Waals surface area (Å²) in [5.74, 6) is 0.582. The third kappa shape index (κ3) is 3.75. The summed E-state index contributed by atoms with van der Waals surface area (Å²) in [7, 11) is 0. The molecule has 1 aromatic carbocycles. The van der Waals surface area contributed by atoms with Gasteiger partial charge >= 0.3 is 6.18 Å². The van der Waals surface area contributed by atoms with Crippen LogP contribution in [0, 0.1) is 0 Å². The molecule has 4 rings (SSSR count). The number of benzene rings is 1. The fourth-order valence-corrected chi connectivity index (χ4v) is 3.22. The van der Waals surface area contributed by atoms with Crippen molar-refractivity contribution >= 4 is 17.4 Å². The first-order valence-corrected chi connectivity index (χ1v) is 8.76. The van der Waals surface area contributed by atoms with Gasteiger partial charge in [0.2, 0.25) is 5.91 Å². The minimum absolute atomic E-state index is 0.0468. The third-order valence-electron chi connectivity index (χ3n) is 4.71. The second kappa shape index (κ2) is 7.10. The molecular formula is C18H17F3N6O. The smallest absolute Gasteiger partial charge is 0.352 e. The molecule has 3 heterocycles. The van der Waals surface area contributed by atoms with Gasteiger partial charge in [0.05, 0.1) is 12.0 Å². The van der Waals surface area contributed by atoms with Crippen molar-refractivity contribution in [3.05, 3.63) is 53.9 Å². The first kappa shape index (κ1) is 18.2. The summed E-state index contributed by atoms with van der Waals surface area (Å²) >= 11 is 0. The molecule has 1 aliphatic heterocycles. The van der Waals surface area contributed by atoms with Gasteiger partial charge in [0.25, 0.3) is 0 Å². The number of fused-ring (bicyclic) bond motifs is 1. The third-order valence-corrected chi connectivity index (χ3v) is 4.71. The summed E-state index contributed by atoms with van der Waals surface area (Å²) in [6, 6.07) is 8.58. The monoisotopic (exact) mass is 390 g/mol. The molecule has 0 N–H and O–H groups in total. The fraction of sp³-hybridized carbons (Fsp3) is 0.333. The molecule has 1 amide bonds. The molecule has 1 saturated heterocycles. The van der Waals surface area contributed by atoms with Crippen molar-refractivity contribution in [1.82, 2.24) is 24.7 Å². The van der Waals surface area contributed by atoms with E-state index in [-0.39, 0.29) is 12.3 Å². The van der Waals surface area contributed by atoms with Crippen LogP contribution in [0.4, 0.5) is 19.0 Å². The van der Waals surface area contributed by atoms with Crippen molar-refractivity contribution in [1.29, 1.82) is 0 Å². The normalized spacial score (nSPS) is 15.2. The van der Waals surface area contributed by atoms with Crippen LogP contribution in [0.1, 0.15) is 11.1 Å². The summed E-state index contributed by atoms with van der Waals surface area (Å²) in [6.45, 7) is 2.16. The number of piperazine rings is 1. The van der Waals surface area contributed by atoms with Crippen molar-refractivity contribution in [2.24, 2.45) is 0 Å². The van der Waals surface area contributed by atoms with E-state index in [4.69, 9.17) is 0 Å². The molecule has 10 heteroatoms. The minimum Gasteiger partial charge on any atom is -0.352 e. The van der Waals surface area contributed by atoms with Crippen molar-refractivity contribution in [3.63, 3.8) is 0 Å². The molecule has 1 fully saturated rings. The number of anilines is 1. The largest absolute Gasteiger partial charge is 0.416 e. The van der Waals surface area contributed by atoms with Gasteiger partial charge < -0.3 is 9.80 Å². The number of nitrogens with zero attached hydrogens (tertiary/aromatic N) is 6. The Labute approximate surface area is 158 Å². The lowest BCUT2D eigenvalue weighted by Crippen LogP contribution is -2.49. The Morgan fingerprint density at radius 2 is 1.86 bits per heavy atom. The highest BCUT2D eigenvalue weighted by Gasteiger charge is 2.30. The number of rotatable bonds is 3. The highest BCUT2D eigenvalue weighted by atomic mass is 19.4. The first-order valence-electron chi connectivity index (χ1n) is 8.76. The van der Waals surface area contributed by atoms with Gasteiger partial charge in [-0.25, -0.2) is 0 Å². The van der Waals surface area contributed by atoms with Crippen molar-refractivity contribution in [2.75, 3.05) is 31.1 Å². The summed E-state index contributed by atoms with van der Waals surface area (Å²) in [5.41, 5.74) is 0.277. The van der Waals surface area contributed by atoms with Crippen LogP contribution in [0.5, 0.6) is 0 Å². The van der Waals surface area contributed by atoms with Crippen LogP contribution in [0.25, 0.3) is 5.65 Å². The number of aromatic nitrogens is 4. The van der Waals surface area contributed by atoms with Crippen LogP contribution in [0.2, 0.25) is 0 Å². The maximum Gasteiger partial charge on any atom is 0.416 e. The SMILES string of the molecule is O=C(Cc1cccc(C(F)(F)F)c1)N1CCN(c2ccc3nncn3n2)CC1. The molecule has 3 aromatic rings. The van der Waals surface area contributed by atoms with E-state index in [0.29, 0.717) is 37.4 Å². The van der Waals surface area contributed by atoms with E-state index in [0.717, 1.165) is 18.0 Å². The van der Waals surface area contributed by atoms with Gasteiger partial charge in [0.15, 0.2) is 5.65 Å². The van der Waals surface area contributed by atoms with E-state index < -0.39 is 11.7 Å². The molecule has 0 spiro atoms. The van der Waals surface area contributed by atoms with Crippen LogP contribution in [-0.4, -0.2) is 56.8 Å². The number of carbonyl (C=O) groups excluding carboxylic acids is 1. The number of halogens is 3. The highest BCUT2D eigenvalue weighted by Crippen LogP contribution is 2.29. The molecular weight excluding hydrogens is 373 g/mol. The summed E-state index contributed by atoms with van der Waals surface area (Å²) < 4.78 is 40.1. The predicted octanol–water partition coefficient (Wildman–Crippen LogP) is 2.03. The van der Waals surface area contributed by atoms with Gasteiger partial charge in [-0.2, -0.15) is 17.7 Å². The van der Waals surface area contributed by atoms with Crippen LogP contribution in [-0.2, 0) is 17.4 Å². The Morgan fingerprint density at radius 1 is 1.07 bits per heavy atom.